The van der Waals surface area contributed by atoms with E-state index in [9.17, 15) is 0 Å². The second-order valence-electron chi connectivity index (χ2n) is 5.47. The van der Waals surface area contributed by atoms with E-state index < -0.39 is 0 Å². The van der Waals surface area contributed by atoms with Crippen molar-refractivity contribution in [3.05, 3.63) is 35.1 Å². The Balaban J connectivity index is 2.08. The van der Waals surface area contributed by atoms with Crippen LogP contribution in [-0.4, -0.2) is 9.97 Å². The summed E-state index contributed by atoms with van der Waals surface area (Å²) in [5.41, 5.74) is 8.26. The highest BCUT2D eigenvalue weighted by atomic mass is 32.1. The van der Waals surface area contributed by atoms with Crippen molar-refractivity contribution in [3.63, 3.8) is 0 Å². The van der Waals surface area contributed by atoms with E-state index in [-0.39, 0.29) is 5.54 Å². The predicted molar refractivity (Wildman–Crippen MR) is 74.5 cm³/mol. The van der Waals surface area contributed by atoms with Crippen molar-refractivity contribution in [2.75, 3.05) is 0 Å². The van der Waals surface area contributed by atoms with E-state index in [1.807, 2.05) is 12.3 Å². The van der Waals surface area contributed by atoms with Gasteiger partial charge >= 0.3 is 0 Å². The average molecular weight is 259 g/mol. The molecule has 94 valence electrons. The van der Waals surface area contributed by atoms with Gasteiger partial charge in [0.2, 0.25) is 0 Å². The molecule has 1 saturated carbocycles. The Kier molecular flexibility index (Phi) is 2.72. The number of nitrogens with zero attached hydrogens (tertiary/aromatic N) is 2. The number of hydrogen-bond acceptors (Lipinski definition) is 4. The summed E-state index contributed by atoms with van der Waals surface area (Å²) < 4.78 is 0. The van der Waals surface area contributed by atoms with E-state index >= 15 is 0 Å². The molecule has 1 aliphatic rings. The SMILES string of the molecule is CC(C)(N)c1sc(-c2cccnc2)nc1C1CC1. The van der Waals surface area contributed by atoms with E-state index in [4.69, 9.17) is 10.7 Å². The lowest BCUT2D eigenvalue weighted by molar-refractivity contribution is 0.559. The summed E-state index contributed by atoms with van der Waals surface area (Å²) in [6.45, 7) is 4.11. The van der Waals surface area contributed by atoms with E-state index in [0.29, 0.717) is 5.92 Å². The highest BCUT2D eigenvalue weighted by Gasteiger charge is 2.34. The Hall–Kier alpha value is -1.26. The van der Waals surface area contributed by atoms with Crippen LogP contribution in [0.4, 0.5) is 0 Å². The topological polar surface area (TPSA) is 51.8 Å². The molecular weight excluding hydrogens is 242 g/mol. The molecule has 0 bridgehead atoms. The van der Waals surface area contributed by atoms with Gasteiger partial charge in [0.15, 0.2) is 0 Å². The monoisotopic (exact) mass is 259 g/mol. The molecule has 2 N–H and O–H groups in total. The lowest BCUT2D eigenvalue weighted by Crippen LogP contribution is -2.28. The first-order valence-corrected chi connectivity index (χ1v) is 7.08. The number of pyridine rings is 1. The number of thiazole rings is 1. The Labute approximate surface area is 111 Å². The minimum absolute atomic E-state index is 0.309. The van der Waals surface area contributed by atoms with E-state index in [2.05, 4.69) is 24.9 Å². The van der Waals surface area contributed by atoms with Gasteiger partial charge in [-0.2, -0.15) is 0 Å². The highest BCUT2D eigenvalue weighted by molar-refractivity contribution is 7.15. The molecule has 0 radical (unpaired) electrons. The maximum Gasteiger partial charge on any atom is 0.125 e. The van der Waals surface area contributed by atoms with Gasteiger partial charge in [0.05, 0.1) is 5.69 Å². The third-order valence-corrected chi connectivity index (χ3v) is 4.57. The van der Waals surface area contributed by atoms with Crippen molar-refractivity contribution in [3.8, 4) is 10.6 Å². The zero-order chi connectivity index (χ0) is 12.8. The molecule has 0 aromatic carbocycles. The molecule has 0 aliphatic heterocycles. The van der Waals surface area contributed by atoms with Crippen molar-refractivity contribution < 1.29 is 0 Å². The highest BCUT2D eigenvalue weighted by Crippen LogP contribution is 2.46. The second-order valence-corrected chi connectivity index (χ2v) is 6.47. The first kappa shape index (κ1) is 11.8. The maximum atomic E-state index is 6.27. The molecule has 1 fully saturated rings. The summed E-state index contributed by atoms with van der Waals surface area (Å²) >= 11 is 1.71. The Morgan fingerprint density at radius 1 is 1.39 bits per heavy atom. The Morgan fingerprint density at radius 2 is 2.17 bits per heavy atom. The van der Waals surface area contributed by atoms with Gasteiger partial charge in [0, 0.05) is 34.3 Å². The molecule has 0 spiro atoms. The zero-order valence-electron chi connectivity index (χ0n) is 10.7. The third kappa shape index (κ3) is 2.18. The minimum Gasteiger partial charge on any atom is -0.321 e. The van der Waals surface area contributed by atoms with Crippen LogP contribution in [0.25, 0.3) is 10.6 Å². The average Bonchev–Trinajstić information content (AvgIpc) is 3.07. The first-order valence-electron chi connectivity index (χ1n) is 6.26. The van der Waals surface area contributed by atoms with Crippen LogP contribution in [0.2, 0.25) is 0 Å². The number of hydrogen-bond donors (Lipinski definition) is 1. The molecule has 0 unspecified atom stereocenters. The Bertz CT molecular complexity index is 550. The second kappa shape index (κ2) is 4.14. The first-order chi connectivity index (χ1) is 8.55. The normalized spacial score (nSPS) is 15.9. The molecule has 1 aliphatic carbocycles. The summed E-state index contributed by atoms with van der Waals surface area (Å²) in [5, 5.41) is 1.04. The standard InChI is InChI=1S/C14H17N3S/c1-14(2,15)12-11(9-5-6-9)17-13(18-12)10-4-3-7-16-8-10/h3-4,7-9H,5-6,15H2,1-2H3. The third-order valence-electron chi connectivity index (χ3n) is 3.11. The van der Waals surface area contributed by atoms with Gasteiger partial charge in [-0.05, 0) is 38.8 Å². The van der Waals surface area contributed by atoms with Gasteiger partial charge in [-0.25, -0.2) is 4.98 Å². The quantitative estimate of drug-likeness (QED) is 0.920. The summed E-state index contributed by atoms with van der Waals surface area (Å²) in [6, 6.07) is 4.00. The smallest absolute Gasteiger partial charge is 0.125 e. The van der Waals surface area contributed by atoms with Crippen molar-refractivity contribution in [2.45, 2.75) is 38.1 Å². The van der Waals surface area contributed by atoms with E-state index in [1.165, 1.54) is 23.4 Å². The van der Waals surface area contributed by atoms with Gasteiger partial charge in [-0.1, -0.05) is 0 Å². The lowest BCUT2D eigenvalue weighted by atomic mass is 10.0. The summed E-state index contributed by atoms with van der Waals surface area (Å²) in [6.07, 6.45) is 6.15. The van der Waals surface area contributed by atoms with Crippen LogP contribution in [-0.2, 0) is 5.54 Å². The molecule has 3 rings (SSSR count). The van der Waals surface area contributed by atoms with Crippen LogP contribution in [0.3, 0.4) is 0 Å². The lowest BCUT2D eigenvalue weighted by Gasteiger charge is -2.17. The Morgan fingerprint density at radius 3 is 2.72 bits per heavy atom. The van der Waals surface area contributed by atoms with E-state index in [0.717, 1.165) is 10.6 Å². The van der Waals surface area contributed by atoms with Crippen LogP contribution in [0.5, 0.6) is 0 Å². The number of rotatable bonds is 3. The molecule has 18 heavy (non-hydrogen) atoms. The van der Waals surface area contributed by atoms with Crippen molar-refractivity contribution in [2.24, 2.45) is 5.73 Å². The summed E-state index contributed by atoms with van der Waals surface area (Å²) in [5.74, 6) is 0.629. The van der Waals surface area contributed by atoms with Crippen LogP contribution >= 0.6 is 11.3 Å². The van der Waals surface area contributed by atoms with Crippen LogP contribution < -0.4 is 5.73 Å². The van der Waals surface area contributed by atoms with Crippen molar-refractivity contribution in [1.29, 1.82) is 0 Å². The van der Waals surface area contributed by atoms with Crippen molar-refractivity contribution >= 4 is 11.3 Å². The fourth-order valence-corrected chi connectivity index (χ4v) is 3.20. The molecule has 0 amide bonds. The van der Waals surface area contributed by atoms with Crippen molar-refractivity contribution in [1.82, 2.24) is 9.97 Å². The largest absolute Gasteiger partial charge is 0.321 e. The summed E-state index contributed by atoms with van der Waals surface area (Å²) in [4.78, 5) is 10.2. The number of nitrogens with two attached hydrogens (primary N) is 1. The molecule has 2 heterocycles. The van der Waals surface area contributed by atoms with Gasteiger partial charge in [0.1, 0.15) is 5.01 Å². The molecule has 2 aromatic rings. The van der Waals surface area contributed by atoms with Gasteiger partial charge in [0.25, 0.3) is 0 Å². The van der Waals surface area contributed by atoms with Crippen LogP contribution in [0.1, 0.15) is 43.2 Å². The van der Waals surface area contributed by atoms with Gasteiger partial charge in [-0.15, -0.1) is 11.3 Å². The predicted octanol–water partition coefficient (Wildman–Crippen LogP) is 3.28. The summed E-state index contributed by atoms with van der Waals surface area (Å²) in [7, 11) is 0. The number of aromatic nitrogens is 2. The van der Waals surface area contributed by atoms with Gasteiger partial charge < -0.3 is 5.73 Å². The van der Waals surface area contributed by atoms with Crippen LogP contribution in [0.15, 0.2) is 24.5 Å². The molecule has 0 saturated heterocycles. The zero-order valence-corrected chi connectivity index (χ0v) is 11.5. The molecule has 0 atom stereocenters. The fraction of sp³-hybridized carbons (Fsp3) is 0.429. The maximum absolute atomic E-state index is 6.27. The molecule has 2 aromatic heterocycles. The fourth-order valence-electron chi connectivity index (χ4n) is 2.04. The van der Waals surface area contributed by atoms with E-state index in [1.54, 1.807) is 17.5 Å². The minimum atomic E-state index is -0.309. The molecular formula is C14H17N3S. The molecule has 4 heteroatoms. The van der Waals surface area contributed by atoms with Crippen LogP contribution in [0, 0.1) is 0 Å². The molecule has 3 nitrogen and oxygen atoms in total. The van der Waals surface area contributed by atoms with Gasteiger partial charge in [-0.3, -0.25) is 4.98 Å².